The maximum absolute atomic E-state index is 12.5. The van der Waals surface area contributed by atoms with Crippen molar-refractivity contribution in [2.45, 2.75) is 52.7 Å². The minimum atomic E-state index is -0.774. The molecule has 0 aliphatic rings. The summed E-state index contributed by atoms with van der Waals surface area (Å²) in [5.74, 6) is -0.886. The van der Waals surface area contributed by atoms with Gasteiger partial charge in [-0.2, -0.15) is 0 Å². The average Bonchev–Trinajstić information content (AvgIpc) is 3.25. The molecule has 0 radical (unpaired) electrons. The van der Waals surface area contributed by atoms with Crippen LogP contribution in [0.25, 0.3) is 0 Å². The summed E-state index contributed by atoms with van der Waals surface area (Å²) in [6.45, 7) is 9.24. The molecule has 178 valence electrons. The van der Waals surface area contributed by atoms with Crippen LogP contribution in [0.15, 0.2) is 46.9 Å². The van der Waals surface area contributed by atoms with Crippen molar-refractivity contribution in [2.24, 2.45) is 16.8 Å². The molecule has 9 nitrogen and oxygen atoms in total. The van der Waals surface area contributed by atoms with Gasteiger partial charge < -0.3 is 25.9 Å². The topological polar surface area (TPSA) is 132 Å². The smallest absolute Gasteiger partial charge is 0.375 e. The predicted molar refractivity (Wildman–Crippen MR) is 128 cm³/mol. The number of rotatable bonds is 8. The molecule has 0 aliphatic heterocycles. The molecule has 0 unspecified atom stereocenters. The highest BCUT2D eigenvalue weighted by Gasteiger charge is 2.27. The fourth-order valence-electron chi connectivity index (χ4n) is 2.69. The van der Waals surface area contributed by atoms with E-state index in [0.717, 1.165) is 0 Å². The van der Waals surface area contributed by atoms with E-state index < -0.39 is 29.6 Å². The number of carbonyl (C=O) groups excluding carboxylic acids is 3. The molecule has 0 aliphatic carbocycles. The minimum Gasteiger partial charge on any atom is -0.458 e. The summed E-state index contributed by atoms with van der Waals surface area (Å²) in [5, 5.41) is 10.8. The number of carbonyl (C=O) groups is 3. The lowest BCUT2D eigenvalue weighted by atomic mass is 10.0. The highest BCUT2D eigenvalue weighted by molar-refractivity contribution is 7.11. The Morgan fingerprint density at radius 1 is 1.12 bits per heavy atom. The van der Waals surface area contributed by atoms with Crippen LogP contribution < -0.4 is 16.4 Å². The fraction of sp³-hybridized carbons (Fsp3) is 0.391. The van der Waals surface area contributed by atoms with Gasteiger partial charge in [0.15, 0.2) is 5.84 Å². The SMILES string of the molecule is CC(C)C[C@H](NC(=O)Nc1ccc(/C(N)=N/OC(=O)c2cccs2)cc1)C(=O)OC(C)(C)C. The summed E-state index contributed by atoms with van der Waals surface area (Å²) in [7, 11) is 0. The average molecular weight is 475 g/mol. The van der Waals surface area contributed by atoms with Crippen LogP contribution in [0.4, 0.5) is 10.5 Å². The zero-order chi connectivity index (χ0) is 24.6. The molecular formula is C23H30N4O5S. The number of thiophene rings is 1. The summed E-state index contributed by atoms with van der Waals surface area (Å²) >= 11 is 1.24. The van der Waals surface area contributed by atoms with Crippen molar-refractivity contribution >= 4 is 40.8 Å². The quantitative estimate of drug-likeness (QED) is 0.173. The third-order valence-corrected chi connectivity index (χ3v) is 4.94. The van der Waals surface area contributed by atoms with Crippen LogP contribution >= 0.6 is 11.3 Å². The van der Waals surface area contributed by atoms with Crippen molar-refractivity contribution in [1.82, 2.24) is 5.32 Å². The molecule has 0 fully saturated rings. The Balaban J connectivity index is 1.96. The fourth-order valence-corrected chi connectivity index (χ4v) is 3.29. The molecule has 2 amide bonds. The molecule has 1 atom stereocenters. The highest BCUT2D eigenvalue weighted by Crippen LogP contribution is 2.15. The van der Waals surface area contributed by atoms with Crippen LogP contribution in [0.1, 0.15) is 56.3 Å². The molecule has 4 N–H and O–H groups in total. The van der Waals surface area contributed by atoms with E-state index in [1.165, 1.54) is 11.3 Å². The first-order chi connectivity index (χ1) is 15.4. The van der Waals surface area contributed by atoms with Gasteiger partial charge in [-0.15, -0.1) is 11.3 Å². The largest absolute Gasteiger partial charge is 0.458 e. The van der Waals surface area contributed by atoms with Gasteiger partial charge in [0.1, 0.15) is 16.5 Å². The van der Waals surface area contributed by atoms with Crippen LogP contribution in [0.5, 0.6) is 0 Å². The molecule has 1 aromatic heterocycles. The molecule has 33 heavy (non-hydrogen) atoms. The van der Waals surface area contributed by atoms with Crippen molar-refractivity contribution in [1.29, 1.82) is 0 Å². The molecular weight excluding hydrogens is 444 g/mol. The van der Waals surface area contributed by atoms with E-state index in [0.29, 0.717) is 22.5 Å². The van der Waals surface area contributed by atoms with Gasteiger partial charge in [-0.3, -0.25) is 0 Å². The maximum Gasteiger partial charge on any atom is 0.375 e. The Kier molecular flexibility index (Phi) is 8.98. The number of esters is 1. The number of nitrogens with zero attached hydrogens (tertiary/aromatic N) is 1. The van der Waals surface area contributed by atoms with Gasteiger partial charge >= 0.3 is 18.0 Å². The number of urea groups is 1. The maximum atomic E-state index is 12.5. The number of anilines is 1. The van der Waals surface area contributed by atoms with E-state index >= 15 is 0 Å². The van der Waals surface area contributed by atoms with Crippen LogP contribution in [-0.2, 0) is 14.4 Å². The summed E-state index contributed by atoms with van der Waals surface area (Å²) in [6, 6.07) is 8.51. The Morgan fingerprint density at radius 3 is 2.33 bits per heavy atom. The zero-order valence-electron chi connectivity index (χ0n) is 19.4. The van der Waals surface area contributed by atoms with Gasteiger partial charge in [-0.25, -0.2) is 14.4 Å². The molecule has 1 aromatic carbocycles. The van der Waals surface area contributed by atoms with E-state index in [1.54, 1.807) is 62.5 Å². The normalized spacial score (nSPS) is 12.7. The number of benzene rings is 1. The van der Waals surface area contributed by atoms with Crippen molar-refractivity contribution in [3.05, 3.63) is 52.2 Å². The first-order valence-electron chi connectivity index (χ1n) is 10.4. The lowest BCUT2D eigenvalue weighted by Crippen LogP contribution is -2.46. The second-order valence-corrected chi connectivity index (χ2v) is 9.67. The Hall–Kier alpha value is -3.40. The van der Waals surface area contributed by atoms with Gasteiger partial charge in [0, 0.05) is 11.3 Å². The first-order valence-corrected chi connectivity index (χ1v) is 11.3. The summed E-state index contributed by atoms with van der Waals surface area (Å²) in [6.07, 6.45) is 0.443. The second-order valence-electron chi connectivity index (χ2n) is 8.72. The second kappa shape index (κ2) is 11.5. The number of hydrogen-bond acceptors (Lipinski definition) is 7. The van der Waals surface area contributed by atoms with E-state index in [4.69, 9.17) is 15.3 Å². The molecule has 10 heteroatoms. The molecule has 1 heterocycles. The van der Waals surface area contributed by atoms with Crippen molar-refractivity contribution in [2.75, 3.05) is 5.32 Å². The van der Waals surface area contributed by atoms with Gasteiger partial charge in [-0.1, -0.05) is 25.1 Å². The van der Waals surface area contributed by atoms with Crippen LogP contribution in [0.3, 0.4) is 0 Å². The van der Waals surface area contributed by atoms with Crippen LogP contribution in [0.2, 0.25) is 0 Å². The van der Waals surface area contributed by atoms with E-state index in [-0.39, 0.29) is 11.8 Å². The lowest BCUT2D eigenvalue weighted by Gasteiger charge is -2.25. The number of nitrogens with one attached hydrogen (secondary N) is 2. The monoisotopic (exact) mass is 474 g/mol. The third kappa shape index (κ3) is 8.93. The Labute approximate surface area is 197 Å². The molecule has 2 rings (SSSR count). The third-order valence-electron chi connectivity index (χ3n) is 4.09. The van der Waals surface area contributed by atoms with Gasteiger partial charge in [-0.05, 0) is 68.8 Å². The van der Waals surface area contributed by atoms with Crippen molar-refractivity contribution in [3.63, 3.8) is 0 Å². The number of amides is 2. The number of nitrogens with two attached hydrogens (primary N) is 1. The summed E-state index contributed by atoms with van der Waals surface area (Å²) in [4.78, 5) is 42.0. The van der Waals surface area contributed by atoms with Gasteiger partial charge in [0.25, 0.3) is 0 Å². The predicted octanol–water partition coefficient (Wildman–Crippen LogP) is 4.10. The Bertz CT molecular complexity index is 979. The first kappa shape index (κ1) is 25.9. The summed E-state index contributed by atoms with van der Waals surface area (Å²) < 4.78 is 5.41. The minimum absolute atomic E-state index is 0.0119. The van der Waals surface area contributed by atoms with Gasteiger partial charge in [0.05, 0.1) is 0 Å². The number of hydrogen-bond donors (Lipinski definition) is 3. The molecule has 0 saturated carbocycles. The van der Waals surface area contributed by atoms with E-state index in [1.807, 2.05) is 13.8 Å². The number of oxime groups is 1. The van der Waals surface area contributed by atoms with Crippen molar-refractivity contribution in [3.8, 4) is 0 Å². The molecule has 0 saturated heterocycles. The van der Waals surface area contributed by atoms with Crippen molar-refractivity contribution < 1.29 is 24.0 Å². The van der Waals surface area contributed by atoms with Crippen LogP contribution in [0, 0.1) is 5.92 Å². The zero-order valence-corrected chi connectivity index (χ0v) is 20.2. The van der Waals surface area contributed by atoms with Gasteiger partial charge in [0.2, 0.25) is 0 Å². The highest BCUT2D eigenvalue weighted by atomic mass is 32.1. The Morgan fingerprint density at radius 2 is 1.79 bits per heavy atom. The molecule has 2 aromatic rings. The van der Waals surface area contributed by atoms with Crippen LogP contribution in [-0.4, -0.2) is 35.4 Å². The molecule has 0 spiro atoms. The number of ether oxygens (including phenoxy) is 1. The number of amidine groups is 1. The van der Waals surface area contributed by atoms with E-state index in [2.05, 4.69) is 15.8 Å². The lowest BCUT2D eigenvalue weighted by molar-refractivity contribution is -0.157. The van der Waals surface area contributed by atoms with E-state index in [9.17, 15) is 14.4 Å². The summed E-state index contributed by atoms with van der Waals surface area (Å²) in [5.41, 5.74) is 6.20. The standard InChI is InChI=1S/C23H30N4O5S/c1-14(2)13-17(20(28)31-23(3,4)5)26-22(30)25-16-10-8-15(9-11-16)19(24)27-32-21(29)18-7-6-12-33-18/h6-12,14,17H,13H2,1-5H3,(H2,24,27)(H2,25,26,30)/t17-/m0/s1. The molecule has 0 bridgehead atoms.